The molecule has 0 aromatic rings. The van der Waals surface area contributed by atoms with Crippen molar-refractivity contribution in [3.63, 3.8) is 0 Å². The van der Waals surface area contributed by atoms with Crippen LogP contribution in [-0.2, 0) is 4.74 Å². The van der Waals surface area contributed by atoms with E-state index in [-0.39, 0.29) is 6.10 Å². The van der Waals surface area contributed by atoms with Gasteiger partial charge in [-0.15, -0.1) is 0 Å². The highest BCUT2D eigenvalue weighted by molar-refractivity contribution is 5.69. The van der Waals surface area contributed by atoms with Gasteiger partial charge in [0, 0.05) is 5.57 Å². The van der Waals surface area contributed by atoms with Gasteiger partial charge in [-0.25, -0.2) is 0 Å². The third-order valence-corrected chi connectivity index (χ3v) is 2.25. The highest BCUT2D eigenvalue weighted by Crippen LogP contribution is 2.12. The van der Waals surface area contributed by atoms with Crippen LogP contribution in [0.2, 0.25) is 0 Å². The van der Waals surface area contributed by atoms with Gasteiger partial charge in [-0.2, -0.15) is 4.58 Å². The number of ether oxygens (including phenoxy) is 1. The Hall–Kier alpha value is -0.790. The minimum absolute atomic E-state index is 0.236. The average Bonchev–Trinajstić information content (AvgIpc) is 1.96. The fraction of sp³-hybridized carbons (Fsp3) is 0.700. The van der Waals surface area contributed by atoms with E-state index in [2.05, 4.69) is 38.5 Å². The molecule has 0 fully saturated rings. The highest BCUT2D eigenvalue weighted by Gasteiger charge is 2.23. The molecule has 0 spiro atoms. The Bertz CT molecular complexity index is 238. The predicted octanol–water partition coefficient (Wildman–Crippen LogP) is 2.15. The lowest BCUT2D eigenvalue weighted by Crippen LogP contribution is -2.31. The van der Waals surface area contributed by atoms with Crippen molar-refractivity contribution in [2.45, 2.75) is 46.8 Å². The molecule has 1 rings (SSSR count). The highest BCUT2D eigenvalue weighted by atomic mass is 16.5. The van der Waals surface area contributed by atoms with E-state index in [0.29, 0.717) is 6.04 Å². The molecule has 12 heavy (non-hydrogen) atoms. The van der Waals surface area contributed by atoms with Crippen molar-refractivity contribution in [1.29, 1.82) is 0 Å². The third kappa shape index (κ3) is 1.68. The van der Waals surface area contributed by atoms with Gasteiger partial charge in [0.2, 0.25) is 0 Å². The average molecular weight is 168 g/mol. The molecule has 0 radical (unpaired) electrons. The summed E-state index contributed by atoms with van der Waals surface area (Å²) in [7, 11) is 0. The van der Waals surface area contributed by atoms with Crippen LogP contribution in [0.4, 0.5) is 0 Å². The Kier molecular flexibility index (Phi) is 2.55. The van der Waals surface area contributed by atoms with Gasteiger partial charge in [0.05, 0.1) is 6.92 Å². The molecular formula is C10H18NO+. The monoisotopic (exact) mass is 168 g/mol. The Morgan fingerprint density at radius 1 is 1.42 bits per heavy atom. The summed E-state index contributed by atoms with van der Waals surface area (Å²) in [4.78, 5) is 0. The molecule has 0 saturated carbocycles. The van der Waals surface area contributed by atoms with Crippen molar-refractivity contribution >= 4 is 5.90 Å². The van der Waals surface area contributed by atoms with Crippen LogP contribution in [0.5, 0.6) is 0 Å². The molecule has 0 aromatic heterocycles. The van der Waals surface area contributed by atoms with Crippen LogP contribution in [0, 0.1) is 0 Å². The van der Waals surface area contributed by atoms with Gasteiger partial charge in [0.15, 0.2) is 12.2 Å². The number of nitrogens with zero attached hydrogens (tertiary/aromatic N) is 1. The quantitative estimate of drug-likeness (QED) is 0.546. The summed E-state index contributed by atoms with van der Waals surface area (Å²) < 4.78 is 7.81. The van der Waals surface area contributed by atoms with Crippen LogP contribution in [0.1, 0.15) is 34.6 Å². The normalized spacial score (nSPS) is 24.2. The van der Waals surface area contributed by atoms with Crippen LogP contribution >= 0.6 is 0 Å². The topological polar surface area (TPSA) is 12.2 Å². The lowest BCUT2D eigenvalue weighted by atomic mass is 10.2. The first-order valence-electron chi connectivity index (χ1n) is 4.49. The van der Waals surface area contributed by atoms with Crippen molar-refractivity contribution in [2.75, 3.05) is 0 Å². The SMILES string of the molecule is CC1=C[N+](C(C)C)=C(C)OC1C. The molecule has 0 saturated heterocycles. The van der Waals surface area contributed by atoms with E-state index in [4.69, 9.17) is 4.74 Å². The zero-order chi connectivity index (χ0) is 9.30. The number of hydrogen-bond acceptors (Lipinski definition) is 1. The molecule has 0 amide bonds. The molecule has 0 aliphatic carbocycles. The summed E-state index contributed by atoms with van der Waals surface area (Å²) in [6.45, 7) is 10.5. The van der Waals surface area contributed by atoms with Crippen molar-refractivity contribution < 1.29 is 9.31 Å². The molecular weight excluding hydrogens is 150 g/mol. The molecule has 2 nitrogen and oxygen atoms in total. The van der Waals surface area contributed by atoms with Gasteiger partial charge in [0.25, 0.3) is 0 Å². The van der Waals surface area contributed by atoms with Gasteiger partial charge in [-0.3, -0.25) is 0 Å². The van der Waals surface area contributed by atoms with Crippen molar-refractivity contribution in [2.24, 2.45) is 0 Å². The van der Waals surface area contributed by atoms with Gasteiger partial charge in [-0.1, -0.05) is 0 Å². The number of rotatable bonds is 1. The maximum atomic E-state index is 5.65. The van der Waals surface area contributed by atoms with E-state index in [1.165, 1.54) is 5.57 Å². The maximum Gasteiger partial charge on any atom is 0.339 e. The molecule has 1 atom stereocenters. The zero-order valence-electron chi connectivity index (χ0n) is 8.59. The molecule has 0 N–H and O–H groups in total. The molecule has 1 aliphatic rings. The standard InChI is InChI=1S/C10H18NO/c1-7(2)11-6-8(3)9(4)12-10(11)5/h6-7,9H,1-5H3/q+1. The second-order valence-corrected chi connectivity index (χ2v) is 3.65. The Labute approximate surface area is 74.5 Å². The smallest absolute Gasteiger partial charge is 0.339 e. The van der Waals surface area contributed by atoms with Gasteiger partial charge in [-0.05, 0) is 27.7 Å². The molecule has 68 valence electrons. The Morgan fingerprint density at radius 2 is 2.00 bits per heavy atom. The van der Waals surface area contributed by atoms with Gasteiger partial charge < -0.3 is 4.74 Å². The van der Waals surface area contributed by atoms with Gasteiger partial charge in [0.1, 0.15) is 6.10 Å². The van der Waals surface area contributed by atoms with Crippen molar-refractivity contribution in [1.82, 2.24) is 0 Å². The minimum atomic E-state index is 0.236. The van der Waals surface area contributed by atoms with Crippen LogP contribution in [0.25, 0.3) is 0 Å². The fourth-order valence-corrected chi connectivity index (χ4v) is 1.34. The van der Waals surface area contributed by atoms with Crippen LogP contribution in [0.3, 0.4) is 0 Å². The molecule has 2 heteroatoms. The van der Waals surface area contributed by atoms with Crippen molar-refractivity contribution in [3.8, 4) is 0 Å². The summed E-state index contributed by atoms with van der Waals surface area (Å²) in [6.07, 6.45) is 2.41. The lowest BCUT2D eigenvalue weighted by Gasteiger charge is -2.19. The lowest BCUT2D eigenvalue weighted by molar-refractivity contribution is -0.506. The van der Waals surface area contributed by atoms with E-state index in [0.717, 1.165) is 5.90 Å². The second kappa shape index (κ2) is 3.30. The second-order valence-electron chi connectivity index (χ2n) is 3.65. The molecule has 1 unspecified atom stereocenters. The zero-order valence-corrected chi connectivity index (χ0v) is 8.59. The van der Waals surface area contributed by atoms with Crippen LogP contribution in [0.15, 0.2) is 11.8 Å². The first kappa shape index (κ1) is 9.30. The first-order valence-corrected chi connectivity index (χ1v) is 4.49. The van der Waals surface area contributed by atoms with E-state index >= 15 is 0 Å². The minimum Gasteiger partial charge on any atom is -0.440 e. The van der Waals surface area contributed by atoms with E-state index in [9.17, 15) is 0 Å². The molecule has 0 aromatic carbocycles. The molecule has 1 heterocycles. The largest absolute Gasteiger partial charge is 0.440 e. The van der Waals surface area contributed by atoms with Crippen molar-refractivity contribution in [3.05, 3.63) is 11.8 Å². The molecule has 1 aliphatic heterocycles. The van der Waals surface area contributed by atoms with E-state index < -0.39 is 0 Å². The van der Waals surface area contributed by atoms with E-state index in [1.54, 1.807) is 0 Å². The summed E-state index contributed by atoms with van der Waals surface area (Å²) in [5.74, 6) is 1.00. The third-order valence-electron chi connectivity index (χ3n) is 2.25. The molecule has 0 bridgehead atoms. The van der Waals surface area contributed by atoms with Gasteiger partial charge >= 0.3 is 5.90 Å². The Morgan fingerprint density at radius 3 is 2.50 bits per heavy atom. The first-order chi connectivity index (χ1) is 5.52. The fourth-order valence-electron chi connectivity index (χ4n) is 1.34. The summed E-state index contributed by atoms with van der Waals surface area (Å²) in [6, 6.07) is 0.479. The van der Waals surface area contributed by atoms with E-state index in [1.807, 2.05) is 6.92 Å². The maximum absolute atomic E-state index is 5.65. The van der Waals surface area contributed by atoms with Crippen LogP contribution < -0.4 is 0 Å². The Balaban J connectivity index is 2.94. The van der Waals surface area contributed by atoms with Crippen LogP contribution in [-0.4, -0.2) is 22.6 Å². The predicted molar refractivity (Wildman–Crippen MR) is 50.4 cm³/mol. The summed E-state index contributed by atoms with van der Waals surface area (Å²) in [5, 5.41) is 0. The number of hydrogen-bond donors (Lipinski definition) is 0. The summed E-state index contributed by atoms with van der Waals surface area (Å²) in [5.41, 5.74) is 1.29. The summed E-state index contributed by atoms with van der Waals surface area (Å²) >= 11 is 0.